The van der Waals surface area contributed by atoms with Crippen molar-refractivity contribution in [3.8, 4) is 0 Å². The van der Waals surface area contributed by atoms with Crippen LogP contribution in [0.5, 0.6) is 0 Å². The highest BCUT2D eigenvalue weighted by molar-refractivity contribution is 5.94. The van der Waals surface area contributed by atoms with Gasteiger partial charge in [0.15, 0.2) is 0 Å². The first kappa shape index (κ1) is 40.5. The van der Waals surface area contributed by atoms with E-state index in [1.54, 1.807) is 32.6 Å². The molecule has 3 aliphatic rings. The van der Waals surface area contributed by atoms with Crippen molar-refractivity contribution in [2.45, 2.75) is 121 Å². The van der Waals surface area contributed by atoms with E-state index in [1.807, 2.05) is 42.5 Å². The van der Waals surface area contributed by atoms with Crippen LogP contribution in [0.2, 0.25) is 0 Å². The summed E-state index contributed by atoms with van der Waals surface area (Å²) < 4.78 is 5.48. The first-order chi connectivity index (χ1) is 25.7. The van der Waals surface area contributed by atoms with Crippen molar-refractivity contribution < 1.29 is 33.8 Å². The van der Waals surface area contributed by atoms with Gasteiger partial charge in [-0.1, -0.05) is 54.6 Å². The van der Waals surface area contributed by atoms with Crippen LogP contribution >= 0.6 is 0 Å². The minimum atomic E-state index is -1.04. The Bertz CT molecular complexity index is 1630. The van der Waals surface area contributed by atoms with Crippen LogP contribution in [0, 0.1) is 0 Å². The molecule has 54 heavy (non-hydrogen) atoms. The summed E-state index contributed by atoms with van der Waals surface area (Å²) in [6.45, 7) is 8.91. The Hall–Kier alpha value is -4.65. The third-order valence-corrected chi connectivity index (χ3v) is 10.9. The molecule has 2 aromatic carbocycles. The summed E-state index contributed by atoms with van der Waals surface area (Å²) in [5.74, 6) is -1.10. The number of carbonyl (C=O) groups is 5. The predicted molar refractivity (Wildman–Crippen MR) is 204 cm³/mol. The van der Waals surface area contributed by atoms with Gasteiger partial charge in [-0.2, -0.15) is 0 Å². The molecule has 0 spiro atoms. The van der Waals surface area contributed by atoms with Gasteiger partial charge in [-0.3, -0.25) is 24.2 Å². The molecule has 5 atom stereocenters. The number of unbranched alkanes of at least 4 members (excludes halogenated alkanes) is 1. The number of nitrogens with zero attached hydrogens (tertiary/aromatic N) is 4. The number of ether oxygens (including phenoxy) is 1. The summed E-state index contributed by atoms with van der Waals surface area (Å²) >= 11 is 0. The molecular formula is C41H58N6O7. The summed E-state index contributed by atoms with van der Waals surface area (Å²) in [5, 5.41) is 16.1. The van der Waals surface area contributed by atoms with Crippen LogP contribution in [0.3, 0.4) is 0 Å². The van der Waals surface area contributed by atoms with Crippen molar-refractivity contribution in [3.63, 3.8) is 0 Å². The Balaban J connectivity index is 1.33. The number of hydrogen-bond donors (Lipinski definition) is 3. The smallest absolute Gasteiger partial charge is 0.410 e. The van der Waals surface area contributed by atoms with Crippen LogP contribution in [0.4, 0.5) is 9.59 Å². The number of nitrogens with one attached hydrogen (secondary N) is 2. The molecular weight excluding hydrogens is 688 g/mol. The average molecular weight is 747 g/mol. The molecule has 2 aromatic rings. The summed E-state index contributed by atoms with van der Waals surface area (Å²) in [5.41, 5.74) is 2.45. The largest absolute Gasteiger partial charge is 0.465 e. The maximum atomic E-state index is 14.7. The number of fused-ring (bicyclic) bond motifs is 2. The van der Waals surface area contributed by atoms with Gasteiger partial charge in [-0.25, -0.2) is 9.59 Å². The Labute approximate surface area is 319 Å². The van der Waals surface area contributed by atoms with E-state index >= 15 is 0 Å². The Morgan fingerprint density at radius 2 is 1.69 bits per heavy atom. The van der Waals surface area contributed by atoms with Gasteiger partial charge in [0, 0.05) is 39.3 Å². The molecule has 1 aliphatic carbocycles. The van der Waals surface area contributed by atoms with Gasteiger partial charge in [0.25, 0.3) is 0 Å². The fourth-order valence-corrected chi connectivity index (χ4v) is 7.77. The second-order valence-corrected chi connectivity index (χ2v) is 16.0. The number of hydrogen-bond acceptors (Lipinski definition) is 7. The molecule has 2 aliphatic heterocycles. The third-order valence-electron chi connectivity index (χ3n) is 10.9. The van der Waals surface area contributed by atoms with Gasteiger partial charge in [0.1, 0.15) is 23.7 Å². The fraction of sp³-hybridized carbons (Fsp3) is 0.585. The fourth-order valence-electron chi connectivity index (χ4n) is 7.77. The van der Waals surface area contributed by atoms with Gasteiger partial charge >= 0.3 is 12.2 Å². The second kappa shape index (κ2) is 18.1. The minimum Gasteiger partial charge on any atom is -0.465 e. The van der Waals surface area contributed by atoms with Gasteiger partial charge in [0.05, 0.1) is 6.04 Å². The monoisotopic (exact) mass is 746 g/mol. The molecule has 0 unspecified atom stereocenters. The highest BCUT2D eigenvalue weighted by Gasteiger charge is 2.44. The van der Waals surface area contributed by atoms with Gasteiger partial charge in [0.2, 0.25) is 17.7 Å². The van der Waals surface area contributed by atoms with Crippen LogP contribution in [0.25, 0.3) is 0 Å². The van der Waals surface area contributed by atoms with E-state index in [0.717, 1.165) is 49.8 Å². The highest BCUT2D eigenvalue weighted by Crippen LogP contribution is 2.31. The maximum absolute atomic E-state index is 14.7. The molecule has 3 N–H and O–H groups in total. The molecule has 13 nitrogen and oxygen atoms in total. The normalized spacial score (nSPS) is 20.8. The molecule has 0 radical (unpaired) electrons. The average Bonchev–Trinajstić information content (AvgIpc) is 3.61. The van der Waals surface area contributed by atoms with Crippen LogP contribution in [0.15, 0.2) is 54.6 Å². The highest BCUT2D eigenvalue weighted by atomic mass is 16.6. The predicted octanol–water partition coefficient (Wildman–Crippen LogP) is 4.95. The quantitative estimate of drug-likeness (QED) is 0.244. The molecule has 2 fully saturated rings. The Morgan fingerprint density at radius 1 is 0.963 bits per heavy atom. The second-order valence-electron chi connectivity index (χ2n) is 16.0. The van der Waals surface area contributed by atoms with E-state index in [-0.39, 0.29) is 43.4 Å². The third kappa shape index (κ3) is 10.5. The van der Waals surface area contributed by atoms with E-state index in [0.29, 0.717) is 25.9 Å². The molecule has 2 heterocycles. The van der Waals surface area contributed by atoms with Crippen molar-refractivity contribution in [2.75, 3.05) is 33.2 Å². The molecule has 0 bridgehead atoms. The van der Waals surface area contributed by atoms with Crippen LogP contribution < -0.4 is 10.6 Å². The van der Waals surface area contributed by atoms with E-state index in [4.69, 9.17) is 4.74 Å². The minimum absolute atomic E-state index is 0.115. The topological polar surface area (TPSA) is 152 Å². The summed E-state index contributed by atoms with van der Waals surface area (Å²) in [6, 6.07) is 14.8. The van der Waals surface area contributed by atoms with E-state index in [2.05, 4.69) is 27.7 Å². The number of aryl methyl sites for hydroxylation is 1. The summed E-state index contributed by atoms with van der Waals surface area (Å²) in [6.07, 6.45) is 4.03. The van der Waals surface area contributed by atoms with E-state index in [1.165, 1.54) is 22.4 Å². The first-order valence-electron chi connectivity index (χ1n) is 19.4. The number of amides is 5. The number of likely N-dealkylation sites (N-methyl/N-ethyl adjacent to an activating group) is 1. The van der Waals surface area contributed by atoms with Crippen molar-refractivity contribution in [2.24, 2.45) is 0 Å². The van der Waals surface area contributed by atoms with E-state index in [9.17, 15) is 29.1 Å². The number of piperazine rings is 1. The zero-order valence-corrected chi connectivity index (χ0v) is 32.5. The van der Waals surface area contributed by atoms with Crippen LogP contribution in [-0.4, -0.2) is 118 Å². The van der Waals surface area contributed by atoms with Crippen molar-refractivity contribution in [3.05, 3.63) is 71.3 Å². The number of carboxylic acid groups (broad SMARTS) is 1. The lowest BCUT2D eigenvalue weighted by molar-refractivity contribution is -0.148. The van der Waals surface area contributed by atoms with Crippen molar-refractivity contribution in [1.82, 2.24) is 30.2 Å². The van der Waals surface area contributed by atoms with Gasteiger partial charge < -0.3 is 30.3 Å². The molecule has 2 saturated heterocycles. The molecule has 0 saturated carbocycles. The van der Waals surface area contributed by atoms with Crippen molar-refractivity contribution in [1.29, 1.82) is 0 Å². The molecule has 5 amide bonds. The molecule has 13 heteroatoms. The Kier molecular flexibility index (Phi) is 13.6. The van der Waals surface area contributed by atoms with Gasteiger partial charge in [-0.15, -0.1) is 0 Å². The standard InChI is InChI=1S/C41H58N6O7/c1-28(44(5)40(53)54-41(2,3)4)36(48)43-34(21-11-12-23-46(39(51)52)25-29-15-7-6-8-16-29)38(50)47-26-31-19-14-24-45(31)27-35(47)37(49)42-33-22-13-18-30-17-9-10-20-32(30)33/h6-10,15-17,20,28,31,33-35H,11-14,18-19,21-27H2,1-5H3,(H,42,49)(H,43,48)(H,51,52)/t28-,31+,33+,34-,35-/m0/s1. The first-order valence-corrected chi connectivity index (χ1v) is 19.4. The number of carbonyl (C=O) groups excluding carboxylic acids is 4. The molecule has 5 rings (SSSR count). The van der Waals surface area contributed by atoms with Crippen LogP contribution in [0.1, 0.15) is 95.4 Å². The lowest BCUT2D eigenvalue weighted by Crippen LogP contribution is -2.65. The SMILES string of the molecule is C[C@@H](C(=O)N[C@@H](CCCCN(Cc1ccccc1)C(=O)O)C(=O)N1C[C@H]2CCCN2C[C@H]1C(=O)N[C@@H]1CCCc2ccccc21)N(C)C(=O)OC(C)(C)C. The van der Waals surface area contributed by atoms with Crippen LogP contribution in [-0.2, 0) is 32.1 Å². The lowest BCUT2D eigenvalue weighted by atomic mass is 9.87. The maximum Gasteiger partial charge on any atom is 0.410 e. The zero-order valence-electron chi connectivity index (χ0n) is 32.5. The lowest BCUT2D eigenvalue weighted by Gasteiger charge is -2.44. The van der Waals surface area contributed by atoms with E-state index < -0.39 is 41.8 Å². The van der Waals surface area contributed by atoms with Crippen molar-refractivity contribution >= 4 is 29.9 Å². The number of rotatable bonds is 13. The van der Waals surface area contributed by atoms with Gasteiger partial charge in [-0.05, 0) is 102 Å². The summed E-state index contributed by atoms with van der Waals surface area (Å²) in [7, 11) is 1.48. The Morgan fingerprint density at radius 3 is 2.41 bits per heavy atom. The molecule has 0 aromatic heterocycles. The number of benzene rings is 2. The molecule has 294 valence electrons. The zero-order chi connectivity index (χ0) is 39.0. The summed E-state index contributed by atoms with van der Waals surface area (Å²) in [4.78, 5) is 74.1.